The average Bonchev–Trinajstić information content (AvgIpc) is 2.62. The molecule has 0 amide bonds. The first-order chi connectivity index (χ1) is 12.3. The van der Waals surface area contributed by atoms with Gasteiger partial charge < -0.3 is 15.5 Å². The molecule has 1 aromatic rings. The van der Waals surface area contributed by atoms with Crippen molar-refractivity contribution in [2.24, 2.45) is 10.9 Å². The highest BCUT2D eigenvalue weighted by Gasteiger charge is 2.29. The van der Waals surface area contributed by atoms with Crippen LogP contribution in [0.25, 0.3) is 0 Å². The molecule has 1 fully saturated rings. The van der Waals surface area contributed by atoms with Gasteiger partial charge >= 0.3 is 0 Å². The maximum Gasteiger partial charge on any atom is 0.243 e. The molecule has 0 bridgehead atoms. The van der Waals surface area contributed by atoms with E-state index in [9.17, 15) is 8.42 Å². The number of hydrogen-bond donors (Lipinski definition) is 2. The van der Waals surface area contributed by atoms with Crippen molar-refractivity contribution in [1.29, 1.82) is 0 Å². The van der Waals surface area contributed by atoms with Crippen LogP contribution >= 0.6 is 24.0 Å². The van der Waals surface area contributed by atoms with E-state index in [4.69, 9.17) is 0 Å². The lowest BCUT2D eigenvalue weighted by atomic mass is 10.2. The molecule has 1 aromatic carbocycles. The molecule has 1 heterocycles. The van der Waals surface area contributed by atoms with Crippen LogP contribution in [0.2, 0.25) is 0 Å². The summed E-state index contributed by atoms with van der Waals surface area (Å²) in [5.41, 5.74) is 0.749. The fourth-order valence-corrected chi connectivity index (χ4v) is 4.41. The van der Waals surface area contributed by atoms with Gasteiger partial charge in [0.15, 0.2) is 5.96 Å². The molecule has 7 nitrogen and oxygen atoms in total. The Hall–Kier alpha value is -0.910. The predicted molar refractivity (Wildman–Crippen MR) is 121 cm³/mol. The monoisotopic (exact) mass is 509 g/mol. The highest BCUT2D eigenvalue weighted by atomic mass is 127. The third-order valence-electron chi connectivity index (χ3n) is 4.40. The van der Waals surface area contributed by atoms with Gasteiger partial charge in [-0.15, -0.1) is 24.0 Å². The third kappa shape index (κ3) is 6.88. The van der Waals surface area contributed by atoms with Crippen LogP contribution in [0.3, 0.4) is 0 Å². The quantitative estimate of drug-likeness (QED) is 0.346. The van der Waals surface area contributed by atoms with Crippen molar-refractivity contribution < 1.29 is 8.42 Å². The van der Waals surface area contributed by atoms with Crippen LogP contribution in [0.4, 0.5) is 0 Å². The summed E-state index contributed by atoms with van der Waals surface area (Å²) in [4.78, 5) is 6.71. The summed E-state index contributed by atoms with van der Waals surface area (Å²) >= 11 is 0. The Morgan fingerprint density at radius 3 is 2.37 bits per heavy atom. The topological polar surface area (TPSA) is 77.0 Å². The summed E-state index contributed by atoms with van der Waals surface area (Å²) in [6, 6.07) is 7.18. The maximum absolute atomic E-state index is 13.1. The van der Waals surface area contributed by atoms with Gasteiger partial charge in [-0.1, -0.05) is 32.0 Å². The fourth-order valence-electron chi connectivity index (χ4n) is 2.77. The Balaban J connectivity index is 0.00000364. The van der Waals surface area contributed by atoms with E-state index in [1.807, 2.05) is 19.2 Å². The first kappa shape index (κ1) is 24.1. The van der Waals surface area contributed by atoms with Gasteiger partial charge in [-0.2, -0.15) is 4.31 Å². The van der Waals surface area contributed by atoms with Crippen molar-refractivity contribution in [3.8, 4) is 0 Å². The number of likely N-dealkylation sites (N-methyl/N-ethyl adjacent to an activating group) is 1. The highest BCUT2D eigenvalue weighted by Crippen LogP contribution is 2.21. The van der Waals surface area contributed by atoms with Crippen molar-refractivity contribution in [3.63, 3.8) is 0 Å². The summed E-state index contributed by atoms with van der Waals surface area (Å²) < 4.78 is 27.7. The van der Waals surface area contributed by atoms with Crippen LogP contribution in [0, 0.1) is 5.92 Å². The van der Waals surface area contributed by atoms with E-state index in [1.165, 1.54) is 0 Å². The minimum absolute atomic E-state index is 0. The minimum Gasteiger partial charge on any atom is -0.356 e. The maximum atomic E-state index is 13.1. The van der Waals surface area contributed by atoms with Gasteiger partial charge in [0.25, 0.3) is 0 Å². The molecule has 1 saturated heterocycles. The summed E-state index contributed by atoms with van der Waals surface area (Å²) in [6.45, 7) is 8.02. The first-order valence-corrected chi connectivity index (χ1v) is 10.5. The largest absolute Gasteiger partial charge is 0.356 e. The molecular weight excluding hydrogens is 477 g/mol. The van der Waals surface area contributed by atoms with Gasteiger partial charge in [-0.3, -0.25) is 4.99 Å². The number of aliphatic imine (C=N–C) groups is 1. The number of halogens is 1. The lowest BCUT2D eigenvalue weighted by molar-refractivity contribution is 0.222. The van der Waals surface area contributed by atoms with E-state index in [-0.39, 0.29) is 24.0 Å². The molecule has 0 aromatic heterocycles. The number of guanidine groups is 1. The summed E-state index contributed by atoms with van der Waals surface area (Å²) in [5.74, 6) is 1.17. The molecule has 154 valence electrons. The molecule has 0 radical (unpaired) electrons. The van der Waals surface area contributed by atoms with E-state index in [2.05, 4.69) is 34.4 Å². The molecule has 9 heteroatoms. The fraction of sp³-hybridized carbons (Fsp3) is 0.611. The Labute approximate surface area is 180 Å². The summed E-state index contributed by atoms with van der Waals surface area (Å²) in [5, 5.41) is 6.45. The van der Waals surface area contributed by atoms with Crippen LogP contribution in [0.5, 0.6) is 0 Å². The van der Waals surface area contributed by atoms with E-state index in [0.29, 0.717) is 36.4 Å². The molecule has 1 aliphatic heterocycles. The van der Waals surface area contributed by atoms with Crippen molar-refractivity contribution in [2.75, 3.05) is 46.8 Å². The lowest BCUT2D eigenvalue weighted by Crippen LogP contribution is -2.47. The lowest BCUT2D eigenvalue weighted by Gasteiger charge is -2.32. The van der Waals surface area contributed by atoms with Gasteiger partial charge in [-0.05, 0) is 24.6 Å². The van der Waals surface area contributed by atoms with Gasteiger partial charge in [-0.25, -0.2) is 8.42 Å². The van der Waals surface area contributed by atoms with E-state index >= 15 is 0 Å². The molecule has 0 unspecified atom stereocenters. The van der Waals surface area contributed by atoms with Gasteiger partial charge in [0, 0.05) is 46.3 Å². The van der Waals surface area contributed by atoms with Crippen LogP contribution in [-0.4, -0.2) is 70.4 Å². The van der Waals surface area contributed by atoms with Crippen molar-refractivity contribution in [1.82, 2.24) is 19.8 Å². The summed E-state index contributed by atoms with van der Waals surface area (Å²) in [7, 11) is 0.232. The second kappa shape index (κ2) is 11.2. The van der Waals surface area contributed by atoms with Gasteiger partial charge in [0.2, 0.25) is 10.0 Å². The molecule has 2 rings (SSSR count). The van der Waals surface area contributed by atoms with Crippen molar-refractivity contribution in [3.05, 3.63) is 29.8 Å². The Bertz CT molecular complexity index is 716. The number of benzene rings is 1. The van der Waals surface area contributed by atoms with Crippen molar-refractivity contribution >= 4 is 40.0 Å². The SMILES string of the molecule is CN=C(NCc1ccccc1S(=O)(=O)N1CCN(C)CC1)NCC(C)C.I. The molecule has 0 spiro atoms. The molecule has 0 saturated carbocycles. The van der Waals surface area contributed by atoms with E-state index < -0.39 is 10.0 Å². The second-order valence-corrected chi connectivity index (χ2v) is 8.92. The Morgan fingerprint density at radius 2 is 1.78 bits per heavy atom. The van der Waals surface area contributed by atoms with Crippen LogP contribution < -0.4 is 10.6 Å². The zero-order valence-corrected chi connectivity index (χ0v) is 19.8. The predicted octanol–water partition coefficient (Wildman–Crippen LogP) is 1.56. The normalized spacial score (nSPS) is 16.9. The standard InChI is InChI=1S/C18H31N5O2S.HI/c1-15(2)13-20-18(19-3)21-14-16-7-5-6-8-17(16)26(24,25)23-11-9-22(4)10-12-23;/h5-8,15H,9-14H2,1-4H3,(H2,19,20,21);1H. The van der Waals surface area contributed by atoms with Gasteiger partial charge in [0.05, 0.1) is 4.90 Å². The number of nitrogens with one attached hydrogen (secondary N) is 2. The molecular formula is C18H32IN5O2S. The second-order valence-electron chi connectivity index (χ2n) is 7.02. The number of hydrogen-bond acceptors (Lipinski definition) is 4. The molecule has 27 heavy (non-hydrogen) atoms. The van der Waals surface area contributed by atoms with Crippen LogP contribution in [0.15, 0.2) is 34.2 Å². The molecule has 0 atom stereocenters. The third-order valence-corrected chi connectivity index (χ3v) is 6.40. The van der Waals surface area contributed by atoms with Crippen LogP contribution in [0.1, 0.15) is 19.4 Å². The zero-order chi connectivity index (χ0) is 19.2. The van der Waals surface area contributed by atoms with E-state index in [0.717, 1.165) is 25.2 Å². The highest BCUT2D eigenvalue weighted by molar-refractivity contribution is 14.0. The summed E-state index contributed by atoms with van der Waals surface area (Å²) in [6.07, 6.45) is 0. The molecule has 2 N–H and O–H groups in total. The number of rotatable bonds is 6. The van der Waals surface area contributed by atoms with Crippen LogP contribution in [-0.2, 0) is 16.6 Å². The Morgan fingerprint density at radius 1 is 1.15 bits per heavy atom. The smallest absolute Gasteiger partial charge is 0.243 e. The minimum atomic E-state index is -3.49. The molecule has 1 aliphatic rings. The number of piperazine rings is 1. The van der Waals surface area contributed by atoms with Crippen molar-refractivity contribution in [2.45, 2.75) is 25.3 Å². The molecule has 0 aliphatic carbocycles. The number of sulfonamides is 1. The first-order valence-electron chi connectivity index (χ1n) is 9.05. The van der Waals surface area contributed by atoms with Gasteiger partial charge in [0.1, 0.15) is 0 Å². The number of nitrogens with zero attached hydrogens (tertiary/aromatic N) is 3. The Kier molecular flexibility index (Phi) is 9.99. The average molecular weight is 509 g/mol. The zero-order valence-electron chi connectivity index (χ0n) is 16.6. The van der Waals surface area contributed by atoms with E-state index in [1.54, 1.807) is 23.5 Å².